The number of fused-ring (bicyclic) bond motifs is 1. The van der Waals surface area contributed by atoms with Gasteiger partial charge in [-0.25, -0.2) is 0 Å². The van der Waals surface area contributed by atoms with Gasteiger partial charge in [-0.2, -0.15) is 18.2 Å². The highest BCUT2D eigenvalue weighted by molar-refractivity contribution is 5.99. The Morgan fingerprint density at radius 2 is 1.97 bits per heavy atom. The van der Waals surface area contributed by atoms with Crippen LogP contribution in [-0.4, -0.2) is 44.8 Å². The molecule has 186 valence electrons. The van der Waals surface area contributed by atoms with Crippen LogP contribution in [0.15, 0.2) is 34.5 Å². The fourth-order valence-corrected chi connectivity index (χ4v) is 4.52. The monoisotopic (exact) mass is 492 g/mol. The number of carbonyl (C=O) groups excluding carboxylic acids is 3. The Balaban J connectivity index is 1.50. The molecule has 2 aromatic rings. The van der Waals surface area contributed by atoms with E-state index < -0.39 is 18.0 Å². The molecule has 1 aliphatic heterocycles. The highest BCUT2D eigenvalue weighted by Crippen LogP contribution is 2.34. The second kappa shape index (κ2) is 9.39. The molecule has 5 N–H and O–H groups in total. The number of alkyl halides is 3. The van der Waals surface area contributed by atoms with E-state index in [0.29, 0.717) is 30.5 Å². The quantitative estimate of drug-likeness (QED) is 0.519. The third-order valence-corrected chi connectivity index (χ3v) is 6.04. The zero-order valence-corrected chi connectivity index (χ0v) is 18.5. The lowest BCUT2D eigenvalue weighted by atomic mass is 9.89. The van der Waals surface area contributed by atoms with Crippen molar-refractivity contribution in [1.29, 1.82) is 0 Å². The summed E-state index contributed by atoms with van der Waals surface area (Å²) < 4.78 is 42.7. The summed E-state index contributed by atoms with van der Waals surface area (Å²) in [6.45, 7) is 0.301. The van der Waals surface area contributed by atoms with E-state index in [4.69, 9.17) is 11.5 Å². The number of primary amides is 1. The van der Waals surface area contributed by atoms with Crippen molar-refractivity contribution in [1.82, 2.24) is 20.4 Å². The highest BCUT2D eigenvalue weighted by Gasteiger charge is 2.40. The normalized spacial score (nSPS) is 20.6. The summed E-state index contributed by atoms with van der Waals surface area (Å²) in [6, 6.07) is 4.04. The first kappa shape index (κ1) is 24.2. The predicted octanol–water partition coefficient (Wildman–Crippen LogP) is 1.86. The SMILES string of the molecule is NC(=O)/C=C(\N)CC(=O)N[C@@H]1CCCC[C@H]1N1Cc2ccc(-c3noc(C(F)(F)F)n3)cc2C1=O. The van der Waals surface area contributed by atoms with Crippen molar-refractivity contribution in [3.05, 3.63) is 47.0 Å². The van der Waals surface area contributed by atoms with Crippen LogP contribution in [0.25, 0.3) is 11.4 Å². The van der Waals surface area contributed by atoms with Gasteiger partial charge in [0.05, 0.1) is 12.5 Å². The van der Waals surface area contributed by atoms with E-state index in [9.17, 15) is 27.6 Å². The van der Waals surface area contributed by atoms with Gasteiger partial charge in [0, 0.05) is 35.5 Å². The predicted molar refractivity (Wildman–Crippen MR) is 115 cm³/mol. The third-order valence-electron chi connectivity index (χ3n) is 6.04. The second-order valence-electron chi connectivity index (χ2n) is 8.55. The number of hydrogen-bond donors (Lipinski definition) is 3. The Hall–Kier alpha value is -3.90. The van der Waals surface area contributed by atoms with E-state index >= 15 is 0 Å². The summed E-state index contributed by atoms with van der Waals surface area (Å²) in [7, 11) is 0. The van der Waals surface area contributed by atoms with E-state index in [1.165, 1.54) is 12.1 Å². The van der Waals surface area contributed by atoms with Crippen LogP contribution in [0, 0.1) is 0 Å². The van der Waals surface area contributed by atoms with Crippen LogP contribution in [0.3, 0.4) is 0 Å². The van der Waals surface area contributed by atoms with Crippen molar-refractivity contribution in [2.24, 2.45) is 11.5 Å². The van der Waals surface area contributed by atoms with Crippen LogP contribution in [0.5, 0.6) is 0 Å². The number of nitrogens with zero attached hydrogens (tertiary/aromatic N) is 3. The highest BCUT2D eigenvalue weighted by atomic mass is 19.4. The van der Waals surface area contributed by atoms with Crippen LogP contribution in [0.2, 0.25) is 0 Å². The number of aromatic nitrogens is 2. The summed E-state index contributed by atoms with van der Waals surface area (Å²) >= 11 is 0. The average Bonchev–Trinajstić information content (AvgIpc) is 3.39. The molecule has 35 heavy (non-hydrogen) atoms. The average molecular weight is 492 g/mol. The first-order valence-electron chi connectivity index (χ1n) is 10.9. The zero-order chi connectivity index (χ0) is 25.3. The van der Waals surface area contributed by atoms with E-state index in [0.717, 1.165) is 18.9 Å². The fraction of sp³-hybridized carbons (Fsp3) is 0.409. The Kier molecular flexibility index (Phi) is 6.50. The summed E-state index contributed by atoms with van der Waals surface area (Å²) in [4.78, 5) is 41.7. The van der Waals surface area contributed by atoms with Gasteiger partial charge in [0.1, 0.15) is 0 Å². The minimum atomic E-state index is -4.77. The molecule has 1 aromatic carbocycles. The van der Waals surface area contributed by atoms with Gasteiger partial charge in [-0.1, -0.05) is 30.1 Å². The summed E-state index contributed by atoms with van der Waals surface area (Å²) in [5, 5.41) is 6.28. The van der Waals surface area contributed by atoms with Gasteiger partial charge in [0.25, 0.3) is 5.91 Å². The van der Waals surface area contributed by atoms with Gasteiger partial charge < -0.3 is 26.2 Å². The van der Waals surface area contributed by atoms with Crippen molar-refractivity contribution in [2.45, 2.75) is 56.9 Å². The minimum absolute atomic E-state index is 0.0367. The second-order valence-corrected chi connectivity index (χ2v) is 8.55. The van der Waals surface area contributed by atoms with Crippen LogP contribution >= 0.6 is 0 Å². The van der Waals surface area contributed by atoms with Crippen LogP contribution < -0.4 is 16.8 Å². The number of halogens is 3. The first-order chi connectivity index (χ1) is 16.5. The Morgan fingerprint density at radius 3 is 2.66 bits per heavy atom. The summed E-state index contributed by atoms with van der Waals surface area (Å²) in [5.41, 5.74) is 12.0. The third kappa shape index (κ3) is 5.28. The van der Waals surface area contributed by atoms with E-state index in [1.54, 1.807) is 11.0 Å². The van der Waals surface area contributed by atoms with Crippen molar-refractivity contribution in [2.75, 3.05) is 0 Å². The van der Waals surface area contributed by atoms with Crippen molar-refractivity contribution < 1.29 is 32.1 Å². The first-order valence-corrected chi connectivity index (χ1v) is 10.9. The Bertz CT molecular complexity index is 1190. The van der Waals surface area contributed by atoms with Crippen molar-refractivity contribution >= 4 is 17.7 Å². The molecule has 0 spiro atoms. The molecule has 3 amide bonds. The van der Waals surface area contributed by atoms with Gasteiger partial charge in [0.15, 0.2) is 0 Å². The number of benzene rings is 1. The number of nitrogens with one attached hydrogen (secondary N) is 1. The molecule has 10 nitrogen and oxygen atoms in total. The van der Waals surface area contributed by atoms with Crippen LogP contribution in [0.1, 0.15) is 53.9 Å². The molecule has 2 atom stereocenters. The van der Waals surface area contributed by atoms with Gasteiger partial charge in [0.2, 0.25) is 17.6 Å². The molecular weight excluding hydrogens is 469 g/mol. The molecule has 1 aliphatic carbocycles. The maximum atomic E-state index is 13.3. The number of rotatable bonds is 6. The minimum Gasteiger partial charge on any atom is -0.401 e. The fourth-order valence-electron chi connectivity index (χ4n) is 4.52. The van der Waals surface area contributed by atoms with E-state index in [2.05, 4.69) is 20.0 Å². The summed E-state index contributed by atoms with van der Waals surface area (Å²) in [5.74, 6) is -3.16. The van der Waals surface area contributed by atoms with E-state index in [-0.39, 0.29) is 47.4 Å². The zero-order valence-electron chi connectivity index (χ0n) is 18.5. The molecule has 4 rings (SSSR count). The maximum absolute atomic E-state index is 13.3. The lowest BCUT2D eigenvalue weighted by Gasteiger charge is -2.38. The number of hydrogen-bond acceptors (Lipinski definition) is 7. The van der Waals surface area contributed by atoms with Crippen LogP contribution in [0.4, 0.5) is 13.2 Å². The largest absolute Gasteiger partial charge is 0.471 e. The lowest BCUT2D eigenvalue weighted by molar-refractivity contribution is -0.159. The van der Waals surface area contributed by atoms with Gasteiger partial charge in [-0.3, -0.25) is 14.4 Å². The molecule has 2 heterocycles. The van der Waals surface area contributed by atoms with Gasteiger partial charge >= 0.3 is 12.1 Å². The molecule has 0 unspecified atom stereocenters. The van der Waals surface area contributed by atoms with Gasteiger partial charge in [-0.05, 0) is 24.5 Å². The summed E-state index contributed by atoms with van der Waals surface area (Å²) in [6.07, 6.45) is -0.919. The molecule has 1 saturated carbocycles. The molecule has 1 fully saturated rings. The molecule has 13 heteroatoms. The standard InChI is InChI=1S/C22H23F3N6O4/c23-22(24,25)21-29-19(30-35-21)11-5-6-12-10-31(20(34)14(12)7-11)16-4-2-1-3-15(16)28-18(33)9-13(26)8-17(27)32/h5-8,15-16H,1-4,9-10,26H2,(H2,27,32)(H,28,33)/b13-8-/t15-,16-/m1/s1. The van der Waals surface area contributed by atoms with Crippen molar-refractivity contribution in [3.63, 3.8) is 0 Å². The molecule has 0 saturated heterocycles. The smallest absolute Gasteiger partial charge is 0.401 e. The molecule has 1 aromatic heterocycles. The number of amides is 3. The molecule has 0 bridgehead atoms. The van der Waals surface area contributed by atoms with Crippen LogP contribution in [-0.2, 0) is 22.3 Å². The topological polar surface area (TPSA) is 157 Å². The van der Waals surface area contributed by atoms with Crippen molar-refractivity contribution in [3.8, 4) is 11.4 Å². The van der Waals surface area contributed by atoms with Gasteiger partial charge in [-0.15, -0.1) is 0 Å². The molecule has 0 radical (unpaired) electrons. The number of nitrogens with two attached hydrogens (primary N) is 2. The number of carbonyl (C=O) groups is 3. The maximum Gasteiger partial charge on any atom is 0.471 e. The Labute approximate surface area is 197 Å². The Morgan fingerprint density at radius 1 is 1.23 bits per heavy atom. The molecular formula is C22H23F3N6O4. The lowest BCUT2D eigenvalue weighted by Crippen LogP contribution is -2.53. The van der Waals surface area contributed by atoms with E-state index in [1.807, 2.05) is 0 Å². The molecule has 2 aliphatic rings.